The molecule has 2 aliphatic rings. The van der Waals surface area contributed by atoms with Crippen molar-refractivity contribution in [3.8, 4) is 0 Å². The van der Waals surface area contributed by atoms with Crippen molar-refractivity contribution in [3.05, 3.63) is 46.0 Å². The largest absolute Gasteiger partial charge is 0.298 e. The van der Waals surface area contributed by atoms with Crippen LogP contribution in [0.15, 0.2) is 30.3 Å². The molecule has 2 fully saturated rings. The van der Waals surface area contributed by atoms with Crippen LogP contribution in [0.1, 0.15) is 31.2 Å². The Balaban J connectivity index is 1.91. The molecule has 0 aliphatic heterocycles. The van der Waals surface area contributed by atoms with Crippen molar-refractivity contribution in [2.45, 2.75) is 36.1 Å². The SMILES string of the molecule is C[C@@H]([C@@H]1C(Cl)(Cl)C12C(=O)CC(c1ccccc1)CC2=O)[N+](=O)[O-]. The van der Waals surface area contributed by atoms with Crippen LogP contribution in [0.3, 0.4) is 0 Å². The fraction of sp³-hybridized carbons (Fsp3) is 0.500. The average Bonchev–Trinajstić information content (AvgIpc) is 3.02. The molecule has 1 aromatic carbocycles. The van der Waals surface area contributed by atoms with E-state index < -0.39 is 26.6 Å². The molecule has 3 rings (SSSR count). The van der Waals surface area contributed by atoms with Gasteiger partial charge < -0.3 is 0 Å². The van der Waals surface area contributed by atoms with Crippen LogP contribution < -0.4 is 0 Å². The van der Waals surface area contributed by atoms with Crippen molar-refractivity contribution < 1.29 is 14.5 Å². The molecule has 0 radical (unpaired) electrons. The van der Waals surface area contributed by atoms with Crippen molar-refractivity contribution in [2.75, 3.05) is 0 Å². The molecule has 0 saturated heterocycles. The van der Waals surface area contributed by atoms with Crippen molar-refractivity contribution in [3.63, 3.8) is 0 Å². The maximum absolute atomic E-state index is 12.7. The van der Waals surface area contributed by atoms with Crippen molar-refractivity contribution >= 4 is 34.8 Å². The smallest absolute Gasteiger partial charge is 0.217 e. The monoisotopic (exact) mass is 355 g/mol. The summed E-state index contributed by atoms with van der Waals surface area (Å²) >= 11 is 12.4. The number of ketones is 2. The van der Waals surface area contributed by atoms with Crippen LogP contribution in [0.25, 0.3) is 0 Å². The number of nitrogens with zero attached hydrogens (tertiary/aromatic N) is 1. The number of Topliss-reactive ketones (excluding diaryl/α,β-unsaturated/α-hetero) is 2. The Morgan fingerprint density at radius 3 is 2.17 bits per heavy atom. The molecule has 0 N–H and O–H groups in total. The predicted octanol–water partition coefficient (Wildman–Crippen LogP) is 3.16. The van der Waals surface area contributed by atoms with E-state index in [-0.39, 0.29) is 30.3 Å². The Labute approximate surface area is 143 Å². The Hall–Kier alpha value is -1.46. The predicted molar refractivity (Wildman–Crippen MR) is 85.2 cm³/mol. The average molecular weight is 356 g/mol. The fourth-order valence-corrected chi connectivity index (χ4v) is 5.13. The molecule has 2 saturated carbocycles. The van der Waals surface area contributed by atoms with Gasteiger partial charge in [0.2, 0.25) is 6.04 Å². The topological polar surface area (TPSA) is 77.3 Å². The maximum atomic E-state index is 12.7. The minimum atomic E-state index is -1.69. The van der Waals surface area contributed by atoms with Gasteiger partial charge in [-0.05, 0) is 11.5 Å². The maximum Gasteiger partial charge on any atom is 0.217 e. The second kappa shape index (κ2) is 5.28. The number of carbonyl (C=O) groups excluding carboxylic acids is 2. The summed E-state index contributed by atoms with van der Waals surface area (Å²) in [7, 11) is 0. The molecule has 23 heavy (non-hydrogen) atoms. The van der Waals surface area contributed by atoms with Gasteiger partial charge in [-0.2, -0.15) is 0 Å². The number of benzene rings is 1. The molecule has 7 heteroatoms. The van der Waals surface area contributed by atoms with Crippen molar-refractivity contribution in [1.82, 2.24) is 0 Å². The van der Waals surface area contributed by atoms with E-state index in [1.807, 2.05) is 30.3 Å². The van der Waals surface area contributed by atoms with Gasteiger partial charge in [-0.3, -0.25) is 19.7 Å². The molecule has 1 aromatic rings. The van der Waals surface area contributed by atoms with Gasteiger partial charge in [0.1, 0.15) is 9.75 Å². The van der Waals surface area contributed by atoms with E-state index in [0.717, 1.165) is 5.56 Å². The zero-order valence-electron chi connectivity index (χ0n) is 12.4. The highest BCUT2D eigenvalue weighted by Crippen LogP contribution is 2.73. The van der Waals surface area contributed by atoms with Crippen LogP contribution in [0.5, 0.6) is 0 Å². The summed E-state index contributed by atoms with van der Waals surface area (Å²) in [6.07, 6.45) is 0.246. The normalized spacial score (nSPS) is 33.5. The Bertz CT molecular complexity index is 671. The second-order valence-corrected chi connectivity index (χ2v) is 7.68. The molecule has 1 spiro atoms. The summed E-state index contributed by atoms with van der Waals surface area (Å²) in [6, 6.07) is 8.12. The van der Waals surface area contributed by atoms with Crippen LogP contribution in [-0.4, -0.2) is 26.9 Å². The number of carbonyl (C=O) groups is 2. The third-order valence-corrected chi connectivity index (χ3v) is 6.20. The molecular weight excluding hydrogens is 341 g/mol. The molecule has 0 amide bonds. The number of hydrogen-bond donors (Lipinski definition) is 0. The molecule has 122 valence electrons. The van der Waals surface area contributed by atoms with Gasteiger partial charge in [-0.25, -0.2) is 0 Å². The van der Waals surface area contributed by atoms with Crippen molar-refractivity contribution in [1.29, 1.82) is 0 Å². The van der Waals surface area contributed by atoms with Gasteiger partial charge in [0.25, 0.3) is 0 Å². The summed E-state index contributed by atoms with van der Waals surface area (Å²) < 4.78 is -1.69. The summed E-state index contributed by atoms with van der Waals surface area (Å²) in [4.78, 5) is 35.9. The highest BCUT2D eigenvalue weighted by atomic mass is 35.5. The number of rotatable bonds is 3. The van der Waals surface area contributed by atoms with Crippen LogP contribution in [0.2, 0.25) is 0 Å². The number of nitro groups is 1. The molecule has 2 atom stereocenters. The first-order chi connectivity index (χ1) is 10.7. The second-order valence-electron chi connectivity index (χ2n) is 6.30. The third-order valence-electron chi connectivity index (χ3n) is 5.13. The fourth-order valence-electron chi connectivity index (χ4n) is 3.89. The van der Waals surface area contributed by atoms with E-state index in [0.29, 0.717) is 0 Å². The highest BCUT2D eigenvalue weighted by Gasteiger charge is 2.87. The highest BCUT2D eigenvalue weighted by molar-refractivity contribution is 6.56. The lowest BCUT2D eigenvalue weighted by atomic mass is 9.73. The zero-order valence-corrected chi connectivity index (χ0v) is 13.9. The van der Waals surface area contributed by atoms with Crippen LogP contribution in [-0.2, 0) is 9.59 Å². The van der Waals surface area contributed by atoms with Gasteiger partial charge >= 0.3 is 0 Å². The summed E-state index contributed by atoms with van der Waals surface area (Å²) in [6.45, 7) is 1.34. The number of alkyl halides is 2. The van der Waals surface area contributed by atoms with E-state index in [2.05, 4.69) is 0 Å². The van der Waals surface area contributed by atoms with Gasteiger partial charge in [0, 0.05) is 24.7 Å². The van der Waals surface area contributed by atoms with E-state index in [4.69, 9.17) is 23.2 Å². The van der Waals surface area contributed by atoms with Gasteiger partial charge in [0.15, 0.2) is 11.6 Å². The van der Waals surface area contributed by atoms with E-state index >= 15 is 0 Å². The third kappa shape index (κ3) is 2.13. The van der Waals surface area contributed by atoms with Crippen LogP contribution in [0, 0.1) is 21.4 Å². The molecule has 0 aromatic heterocycles. The number of halogens is 2. The molecule has 0 unspecified atom stereocenters. The molecule has 2 aliphatic carbocycles. The van der Waals surface area contributed by atoms with E-state index in [1.165, 1.54) is 6.92 Å². The molecule has 0 bridgehead atoms. The zero-order chi connectivity index (χ0) is 17.0. The van der Waals surface area contributed by atoms with E-state index in [9.17, 15) is 19.7 Å². The first kappa shape index (κ1) is 16.4. The lowest BCUT2D eigenvalue weighted by Crippen LogP contribution is -2.40. The Morgan fingerprint density at radius 1 is 1.17 bits per heavy atom. The first-order valence-corrected chi connectivity index (χ1v) is 8.13. The minimum Gasteiger partial charge on any atom is -0.298 e. The molecule has 0 heterocycles. The Kier molecular flexibility index (Phi) is 3.76. The van der Waals surface area contributed by atoms with Crippen LogP contribution in [0.4, 0.5) is 0 Å². The first-order valence-electron chi connectivity index (χ1n) is 7.37. The van der Waals surface area contributed by atoms with Crippen molar-refractivity contribution in [2.24, 2.45) is 11.3 Å². The molecular formula is C16H15Cl2NO4. The van der Waals surface area contributed by atoms with Gasteiger partial charge in [-0.15, -0.1) is 0 Å². The molecule has 5 nitrogen and oxygen atoms in total. The summed E-state index contributed by atoms with van der Waals surface area (Å²) in [5, 5.41) is 11.1. The summed E-state index contributed by atoms with van der Waals surface area (Å²) in [5.74, 6) is -1.96. The lowest BCUT2D eigenvalue weighted by molar-refractivity contribution is -0.523. The van der Waals surface area contributed by atoms with E-state index in [1.54, 1.807) is 0 Å². The van der Waals surface area contributed by atoms with Gasteiger partial charge in [-0.1, -0.05) is 53.5 Å². The Morgan fingerprint density at radius 2 is 1.70 bits per heavy atom. The number of hydrogen-bond acceptors (Lipinski definition) is 4. The lowest BCUT2D eigenvalue weighted by Gasteiger charge is -2.28. The van der Waals surface area contributed by atoms with Crippen LogP contribution >= 0.6 is 23.2 Å². The standard InChI is InChI=1S/C16H15Cl2NO4/c1-9(19(22)23)14-15(16(14,17)18)12(20)7-11(8-13(15)21)10-5-3-2-4-6-10/h2-6,9,11,14H,7-8H2,1H3/t9-,11?,14-,15?/m0/s1. The summed E-state index contributed by atoms with van der Waals surface area (Å²) in [5.41, 5.74) is -0.716. The quantitative estimate of drug-likeness (QED) is 0.361. The minimum absolute atomic E-state index is 0.123. The van der Waals surface area contributed by atoms with Gasteiger partial charge in [0.05, 0.1) is 5.92 Å².